The maximum atomic E-state index is 12.1. The van der Waals surface area contributed by atoms with E-state index in [1.54, 1.807) is 34.6 Å². The van der Waals surface area contributed by atoms with Crippen LogP contribution >= 0.6 is 0 Å². The van der Waals surface area contributed by atoms with Gasteiger partial charge in [-0.15, -0.1) is 0 Å². The number of ether oxygens (including phenoxy) is 2. The van der Waals surface area contributed by atoms with Gasteiger partial charge < -0.3 is 9.47 Å². The molecule has 0 aromatic heterocycles. The maximum Gasteiger partial charge on any atom is 0.324 e. The Balaban J connectivity index is 4.73. The van der Waals surface area contributed by atoms with E-state index in [0.717, 1.165) is 0 Å². The fourth-order valence-electron chi connectivity index (χ4n) is 1.47. The Kier molecular flexibility index (Phi) is 7.84. The van der Waals surface area contributed by atoms with Crippen molar-refractivity contribution in [3.05, 3.63) is 0 Å². The molecule has 0 radical (unpaired) electrons. The summed E-state index contributed by atoms with van der Waals surface area (Å²) in [7, 11) is -3.60. The lowest BCUT2D eigenvalue weighted by Crippen LogP contribution is -2.48. The van der Waals surface area contributed by atoms with Crippen LogP contribution in [0.25, 0.3) is 0 Å². The van der Waals surface area contributed by atoms with Gasteiger partial charge >= 0.3 is 5.97 Å². The molecule has 1 N–H and O–H groups in total. The topological polar surface area (TPSA) is 81.7 Å². The molecule has 0 aliphatic heterocycles. The van der Waals surface area contributed by atoms with Crippen LogP contribution in [0.4, 0.5) is 0 Å². The van der Waals surface area contributed by atoms with Crippen molar-refractivity contribution in [3.63, 3.8) is 0 Å². The molecule has 0 aromatic carbocycles. The van der Waals surface area contributed by atoms with E-state index in [4.69, 9.17) is 9.47 Å². The van der Waals surface area contributed by atoms with Crippen LogP contribution < -0.4 is 4.72 Å². The molecule has 0 rings (SSSR count). The molecule has 0 unspecified atom stereocenters. The number of esters is 1. The van der Waals surface area contributed by atoms with Crippen LogP contribution in [-0.4, -0.2) is 44.5 Å². The minimum Gasteiger partial charge on any atom is -0.459 e. The molecule has 0 bridgehead atoms. The van der Waals surface area contributed by atoms with Gasteiger partial charge in [-0.2, -0.15) is 0 Å². The summed E-state index contributed by atoms with van der Waals surface area (Å²) in [5.74, 6) is -0.955. The van der Waals surface area contributed by atoms with Crippen LogP contribution in [0.15, 0.2) is 0 Å². The predicted molar refractivity (Wildman–Crippen MR) is 82.5 cm³/mol. The molecule has 1 atom stereocenters. The van der Waals surface area contributed by atoms with E-state index in [9.17, 15) is 13.2 Å². The molecule has 0 spiro atoms. The minimum atomic E-state index is -3.60. The molecule has 0 aliphatic rings. The highest BCUT2D eigenvalue weighted by atomic mass is 32.2. The zero-order valence-corrected chi connectivity index (χ0v) is 14.9. The van der Waals surface area contributed by atoms with Crippen LogP contribution in [0.2, 0.25) is 0 Å². The number of hydrogen-bond acceptors (Lipinski definition) is 5. The van der Waals surface area contributed by atoms with Gasteiger partial charge in [0.05, 0.1) is 18.5 Å². The second-order valence-electron chi connectivity index (χ2n) is 6.61. The van der Waals surface area contributed by atoms with Crippen LogP contribution in [0.3, 0.4) is 0 Å². The number of carbonyl (C=O) groups is 1. The van der Waals surface area contributed by atoms with Crippen molar-refractivity contribution in [2.75, 3.05) is 12.4 Å². The number of nitrogens with one attached hydrogen (secondary N) is 1. The Morgan fingerprint density at radius 3 is 2.05 bits per heavy atom. The largest absolute Gasteiger partial charge is 0.459 e. The molecule has 0 saturated heterocycles. The first-order valence-electron chi connectivity index (χ1n) is 7.18. The Labute approximate surface area is 128 Å². The van der Waals surface area contributed by atoms with E-state index in [-0.39, 0.29) is 24.4 Å². The number of rotatable bonds is 8. The predicted octanol–water partition coefficient (Wildman–Crippen LogP) is 1.70. The van der Waals surface area contributed by atoms with Crippen molar-refractivity contribution in [1.29, 1.82) is 0 Å². The van der Waals surface area contributed by atoms with Crippen LogP contribution in [0.5, 0.6) is 0 Å². The molecule has 0 aromatic rings. The van der Waals surface area contributed by atoms with E-state index in [1.165, 1.54) is 0 Å². The van der Waals surface area contributed by atoms with Crippen LogP contribution in [0.1, 0.15) is 48.5 Å². The summed E-state index contributed by atoms with van der Waals surface area (Å²) in [6.45, 7) is 12.5. The first-order valence-corrected chi connectivity index (χ1v) is 8.84. The molecule has 0 saturated carbocycles. The number of sulfonamides is 1. The summed E-state index contributed by atoms with van der Waals surface area (Å²) in [5.41, 5.74) is -0.656. The standard InChI is InChI=1S/C14H29NO5S/c1-10(2)12(13(16)20-14(5,6)7)15-21(17,18)9-8-19-11(3)4/h10-12,15H,8-9H2,1-7H3/t12-/m1/s1. The summed E-state index contributed by atoms with van der Waals surface area (Å²) in [6, 6.07) is -0.895. The quantitative estimate of drug-likeness (QED) is 0.688. The van der Waals surface area contributed by atoms with E-state index >= 15 is 0 Å². The van der Waals surface area contributed by atoms with E-state index in [1.807, 2.05) is 13.8 Å². The summed E-state index contributed by atoms with van der Waals surface area (Å²) in [5, 5.41) is 0. The fourth-order valence-corrected chi connectivity index (χ4v) is 2.66. The first-order chi connectivity index (χ1) is 9.34. The second kappa shape index (κ2) is 8.10. The monoisotopic (exact) mass is 323 g/mol. The third-order valence-corrected chi connectivity index (χ3v) is 3.75. The lowest BCUT2D eigenvalue weighted by Gasteiger charge is -2.26. The number of carbonyl (C=O) groups excluding carboxylic acids is 1. The van der Waals surface area contributed by atoms with Crippen molar-refractivity contribution in [1.82, 2.24) is 4.72 Å². The second-order valence-corrected chi connectivity index (χ2v) is 8.48. The van der Waals surface area contributed by atoms with E-state index in [2.05, 4.69) is 4.72 Å². The molecular formula is C14H29NO5S. The first kappa shape index (κ1) is 20.3. The van der Waals surface area contributed by atoms with E-state index < -0.39 is 27.6 Å². The SMILES string of the molecule is CC(C)OCCS(=O)(=O)N[C@@H](C(=O)OC(C)(C)C)C(C)C. The van der Waals surface area contributed by atoms with E-state index in [0.29, 0.717) is 0 Å². The van der Waals surface area contributed by atoms with Crippen LogP contribution in [-0.2, 0) is 24.3 Å². The normalized spacial score (nSPS) is 14.5. The molecule has 6 nitrogen and oxygen atoms in total. The van der Waals surface area contributed by atoms with Crippen molar-refractivity contribution in [2.24, 2.45) is 5.92 Å². The lowest BCUT2D eigenvalue weighted by molar-refractivity contribution is -0.158. The molecule has 126 valence electrons. The third kappa shape index (κ3) is 9.82. The minimum absolute atomic E-state index is 0.0352. The van der Waals surface area contributed by atoms with Crippen LogP contribution in [0, 0.1) is 5.92 Å². The van der Waals surface area contributed by atoms with Gasteiger partial charge in [-0.05, 0) is 40.5 Å². The highest BCUT2D eigenvalue weighted by Gasteiger charge is 2.31. The van der Waals surface area contributed by atoms with Gasteiger partial charge in [0.2, 0.25) is 10.0 Å². The molecule has 0 fully saturated rings. The van der Waals surface area contributed by atoms with Gasteiger partial charge in [0, 0.05) is 0 Å². The average Bonchev–Trinajstić information content (AvgIpc) is 2.22. The van der Waals surface area contributed by atoms with Crippen molar-refractivity contribution >= 4 is 16.0 Å². The highest BCUT2D eigenvalue weighted by Crippen LogP contribution is 2.13. The third-order valence-electron chi connectivity index (χ3n) is 2.44. The fraction of sp³-hybridized carbons (Fsp3) is 0.929. The lowest BCUT2D eigenvalue weighted by atomic mass is 10.1. The molecular weight excluding hydrogens is 294 g/mol. The van der Waals surface area contributed by atoms with Gasteiger partial charge in [0.25, 0.3) is 0 Å². The Bertz CT molecular complexity index is 423. The Morgan fingerprint density at radius 2 is 1.67 bits per heavy atom. The van der Waals surface area contributed by atoms with Gasteiger partial charge in [-0.1, -0.05) is 13.8 Å². The Hall–Kier alpha value is -0.660. The highest BCUT2D eigenvalue weighted by molar-refractivity contribution is 7.89. The van der Waals surface area contributed by atoms with Gasteiger partial charge in [0.15, 0.2) is 0 Å². The zero-order chi connectivity index (χ0) is 16.8. The molecule has 0 heterocycles. The summed E-state index contributed by atoms with van der Waals surface area (Å²) >= 11 is 0. The molecule has 7 heteroatoms. The summed E-state index contributed by atoms with van der Waals surface area (Å²) < 4.78 is 36.9. The van der Waals surface area contributed by atoms with Gasteiger partial charge in [-0.3, -0.25) is 4.79 Å². The molecule has 0 aliphatic carbocycles. The smallest absolute Gasteiger partial charge is 0.324 e. The zero-order valence-electron chi connectivity index (χ0n) is 14.1. The van der Waals surface area contributed by atoms with Gasteiger partial charge in [0.1, 0.15) is 11.6 Å². The Morgan fingerprint density at radius 1 is 1.14 bits per heavy atom. The van der Waals surface area contributed by atoms with Crippen molar-refractivity contribution in [2.45, 2.75) is 66.2 Å². The maximum absolute atomic E-state index is 12.1. The summed E-state index contributed by atoms with van der Waals surface area (Å²) in [6.07, 6.45) is -0.0352. The van der Waals surface area contributed by atoms with Crippen molar-refractivity contribution in [3.8, 4) is 0 Å². The van der Waals surface area contributed by atoms with Crippen molar-refractivity contribution < 1.29 is 22.7 Å². The summed E-state index contributed by atoms with van der Waals surface area (Å²) in [4.78, 5) is 12.1. The van der Waals surface area contributed by atoms with Gasteiger partial charge in [-0.25, -0.2) is 13.1 Å². The average molecular weight is 323 g/mol. The number of hydrogen-bond donors (Lipinski definition) is 1. The molecule has 21 heavy (non-hydrogen) atoms. The molecule has 0 amide bonds.